The smallest absolute Gasteiger partial charge is 0.0844 e. The van der Waals surface area contributed by atoms with Crippen molar-refractivity contribution in [2.24, 2.45) is 5.92 Å². The molecule has 0 saturated carbocycles. The van der Waals surface area contributed by atoms with Crippen LogP contribution >= 0.6 is 0 Å². The van der Waals surface area contributed by atoms with E-state index in [-0.39, 0.29) is 0 Å². The fourth-order valence-corrected chi connectivity index (χ4v) is 0.759. The third-order valence-electron chi connectivity index (χ3n) is 1.55. The van der Waals surface area contributed by atoms with Gasteiger partial charge in [0.15, 0.2) is 0 Å². The minimum atomic E-state index is 0.462. The predicted octanol–water partition coefficient (Wildman–Crippen LogP) is 1.06. The summed E-state index contributed by atoms with van der Waals surface area (Å²) in [7, 11) is 0. The second-order valence-electron chi connectivity index (χ2n) is 2.27. The Labute approximate surface area is 49.4 Å². The SMILES string of the molecule is C[C@H]1CCOCC1=N. The largest absolute Gasteiger partial charge is 0.376 e. The molecule has 0 aromatic carbocycles. The highest BCUT2D eigenvalue weighted by molar-refractivity contribution is 5.85. The Morgan fingerprint density at radius 2 is 2.50 bits per heavy atom. The van der Waals surface area contributed by atoms with Crippen LogP contribution < -0.4 is 0 Å². The average molecular weight is 113 g/mol. The third-order valence-corrected chi connectivity index (χ3v) is 1.55. The Hall–Kier alpha value is -0.370. The molecule has 2 heteroatoms. The summed E-state index contributed by atoms with van der Waals surface area (Å²) in [5, 5.41) is 7.27. The molecular weight excluding hydrogens is 102 g/mol. The summed E-state index contributed by atoms with van der Waals surface area (Å²) < 4.78 is 5.03. The molecule has 1 heterocycles. The lowest BCUT2D eigenvalue weighted by molar-refractivity contribution is 0.140. The van der Waals surface area contributed by atoms with Crippen molar-refractivity contribution in [3.63, 3.8) is 0 Å². The van der Waals surface area contributed by atoms with Crippen molar-refractivity contribution in [2.45, 2.75) is 13.3 Å². The monoisotopic (exact) mass is 113 g/mol. The molecule has 0 aliphatic carbocycles. The van der Waals surface area contributed by atoms with Crippen LogP contribution in [0.25, 0.3) is 0 Å². The van der Waals surface area contributed by atoms with Gasteiger partial charge in [0.2, 0.25) is 0 Å². The summed E-state index contributed by atoms with van der Waals surface area (Å²) in [5.74, 6) is 0.462. The predicted molar refractivity (Wildman–Crippen MR) is 32.3 cm³/mol. The van der Waals surface area contributed by atoms with Gasteiger partial charge in [-0.15, -0.1) is 0 Å². The summed E-state index contributed by atoms with van der Waals surface area (Å²) >= 11 is 0. The van der Waals surface area contributed by atoms with Crippen molar-refractivity contribution in [2.75, 3.05) is 13.2 Å². The first-order valence-corrected chi connectivity index (χ1v) is 2.96. The molecule has 0 bridgehead atoms. The van der Waals surface area contributed by atoms with Gasteiger partial charge in [0.1, 0.15) is 0 Å². The first-order chi connectivity index (χ1) is 3.80. The molecule has 1 saturated heterocycles. The minimum absolute atomic E-state index is 0.462. The van der Waals surface area contributed by atoms with Crippen molar-refractivity contribution in [1.82, 2.24) is 0 Å². The maximum absolute atomic E-state index is 7.27. The van der Waals surface area contributed by atoms with Crippen LogP contribution in [0.3, 0.4) is 0 Å². The highest BCUT2D eigenvalue weighted by atomic mass is 16.5. The fourth-order valence-electron chi connectivity index (χ4n) is 0.759. The van der Waals surface area contributed by atoms with Crippen LogP contribution in [0.15, 0.2) is 0 Å². The minimum Gasteiger partial charge on any atom is -0.376 e. The summed E-state index contributed by atoms with van der Waals surface area (Å²) in [6.45, 7) is 3.47. The van der Waals surface area contributed by atoms with E-state index in [1.807, 2.05) is 0 Å². The molecule has 0 aromatic rings. The van der Waals surface area contributed by atoms with Gasteiger partial charge in [-0.1, -0.05) is 6.92 Å². The van der Waals surface area contributed by atoms with Gasteiger partial charge in [-0.3, -0.25) is 0 Å². The second kappa shape index (κ2) is 2.27. The Morgan fingerprint density at radius 3 is 2.88 bits per heavy atom. The second-order valence-corrected chi connectivity index (χ2v) is 2.27. The summed E-state index contributed by atoms with van der Waals surface area (Å²) in [6, 6.07) is 0. The zero-order valence-corrected chi connectivity index (χ0v) is 5.11. The van der Waals surface area contributed by atoms with Crippen LogP contribution in [0, 0.1) is 11.3 Å². The van der Waals surface area contributed by atoms with Crippen molar-refractivity contribution >= 4 is 5.71 Å². The number of hydrogen-bond acceptors (Lipinski definition) is 2. The first-order valence-electron chi connectivity index (χ1n) is 2.96. The standard InChI is InChI=1S/C6H11NO/c1-5-2-3-8-4-6(5)7/h5,7H,2-4H2,1H3/t5-/m0/s1. The molecule has 1 N–H and O–H groups in total. The molecule has 46 valence electrons. The van der Waals surface area contributed by atoms with Gasteiger partial charge < -0.3 is 10.1 Å². The van der Waals surface area contributed by atoms with E-state index in [9.17, 15) is 0 Å². The quantitative estimate of drug-likeness (QED) is 0.500. The summed E-state index contributed by atoms with van der Waals surface area (Å²) in [4.78, 5) is 0. The van der Waals surface area contributed by atoms with E-state index in [4.69, 9.17) is 10.1 Å². The van der Waals surface area contributed by atoms with E-state index in [0.717, 1.165) is 18.7 Å². The molecule has 0 unspecified atom stereocenters. The van der Waals surface area contributed by atoms with Crippen LogP contribution in [0.5, 0.6) is 0 Å². The highest BCUT2D eigenvalue weighted by Gasteiger charge is 2.13. The summed E-state index contributed by atoms with van der Waals surface area (Å²) in [5.41, 5.74) is 0.747. The molecule has 8 heavy (non-hydrogen) atoms. The molecular formula is C6H11NO. The third kappa shape index (κ3) is 1.07. The van der Waals surface area contributed by atoms with Crippen LogP contribution in [0.4, 0.5) is 0 Å². The van der Waals surface area contributed by atoms with Crippen LogP contribution in [0.2, 0.25) is 0 Å². The van der Waals surface area contributed by atoms with Crippen LogP contribution in [0.1, 0.15) is 13.3 Å². The zero-order chi connectivity index (χ0) is 5.98. The number of nitrogens with one attached hydrogen (secondary N) is 1. The maximum atomic E-state index is 7.27. The van der Waals surface area contributed by atoms with Crippen molar-refractivity contribution in [3.05, 3.63) is 0 Å². The number of ether oxygens (including phenoxy) is 1. The lowest BCUT2D eigenvalue weighted by Crippen LogP contribution is -2.24. The normalized spacial score (nSPS) is 30.6. The number of rotatable bonds is 0. The maximum Gasteiger partial charge on any atom is 0.0844 e. The lowest BCUT2D eigenvalue weighted by Gasteiger charge is -2.18. The Bertz CT molecular complexity index is 101. The van der Waals surface area contributed by atoms with Gasteiger partial charge in [0.05, 0.1) is 6.61 Å². The molecule has 0 amide bonds. The lowest BCUT2D eigenvalue weighted by atomic mass is 10.0. The molecule has 0 spiro atoms. The first kappa shape index (κ1) is 5.76. The van der Waals surface area contributed by atoms with Crippen LogP contribution in [-0.2, 0) is 4.74 Å². The molecule has 0 radical (unpaired) electrons. The van der Waals surface area contributed by atoms with E-state index < -0.39 is 0 Å². The molecule has 1 rings (SSSR count). The average Bonchev–Trinajstić information content (AvgIpc) is 1.77. The van der Waals surface area contributed by atoms with E-state index in [2.05, 4.69) is 6.92 Å². The molecule has 1 aliphatic heterocycles. The van der Waals surface area contributed by atoms with Gasteiger partial charge in [0.25, 0.3) is 0 Å². The Kier molecular flexibility index (Phi) is 1.63. The van der Waals surface area contributed by atoms with E-state index in [0.29, 0.717) is 12.5 Å². The van der Waals surface area contributed by atoms with Crippen LogP contribution in [-0.4, -0.2) is 18.9 Å². The van der Waals surface area contributed by atoms with Gasteiger partial charge in [-0.05, 0) is 12.3 Å². The van der Waals surface area contributed by atoms with Gasteiger partial charge in [-0.25, -0.2) is 0 Å². The van der Waals surface area contributed by atoms with Crippen molar-refractivity contribution in [3.8, 4) is 0 Å². The fraction of sp³-hybridized carbons (Fsp3) is 0.833. The molecule has 0 aromatic heterocycles. The summed E-state index contributed by atoms with van der Waals surface area (Å²) in [6.07, 6.45) is 1.03. The molecule has 1 fully saturated rings. The van der Waals surface area contributed by atoms with Crippen molar-refractivity contribution in [1.29, 1.82) is 5.41 Å². The van der Waals surface area contributed by atoms with Gasteiger partial charge in [-0.2, -0.15) is 0 Å². The van der Waals surface area contributed by atoms with E-state index in [1.54, 1.807) is 0 Å². The van der Waals surface area contributed by atoms with E-state index >= 15 is 0 Å². The Morgan fingerprint density at radius 1 is 1.75 bits per heavy atom. The number of hydrogen-bond donors (Lipinski definition) is 1. The van der Waals surface area contributed by atoms with Gasteiger partial charge in [0, 0.05) is 12.3 Å². The topological polar surface area (TPSA) is 33.1 Å². The highest BCUT2D eigenvalue weighted by Crippen LogP contribution is 2.08. The molecule has 1 aliphatic rings. The van der Waals surface area contributed by atoms with Gasteiger partial charge >= 0.3 is 0 Å². The molecule has 2 nitrogen and oxygen atoms in total. The van der Waals surface area contributed by atoms with Crippen molar-refractivity contribution < 1.29 is 4.74 Å². The molecule has 1 atom stereocenters. The zero-order valence-electron chi connectivity index (χ0n) is 5.11. The Balaban J connectivity index is 2.39. The van der Waals surface area contributed by atoms with E-state index in [1.165, 1.54) is 0 Å².